The van der Waals surface area contributed by atoms with E-state index in [2.05, 4.69) is 4.72 Å². The van der Waals surface area contributed by atoms with Gasteiger partial charge in [-0.15, -0.1) is 0 Å². The maximum atomic E-state index is 11.9. The molecule has 0 aliphatic rings. The quantitative estimate of drug-likeness (QED) is 0.815. The lowest BCUT2D eigenvalue weighted by molar-refractivity contribution is 0.478. The molecule has 1 rings (SSSR count). The van der Waals surface area contributed by atoms with Crippen LogP contribution in [0.15, 0.2) is 15.4 Å². The van der Waals surface area contributed by atoms with E-state index in [0.29, 0.717) is 11.5 Å². The standard InChI is InChI=1S/C10H18N2O3S/c1-4-7(2)12-16(13,14)10-5-9(6-11)15-8(10)3/h5,7,12H,4,6,11H2,1-3H3. The second-order valence-corrected chi connectivity index (χ2v) is 5.45. The average Bonchev–Trinajstić information content (AvgIpc) is 2.59. The van der Waals surface area contributed by atoms with Gasteiger partial charge in [0.2, 0.25) is 10.0 Å². The lowest BCUT2D eigenvalue weighted by atomic mass is 10.3. The average molecular weight is 246 g/mol. The number of rotatable bonds is 5. The van der Waals surface area contributed by atoms with Gasteiger partial charge in [-0.25, -0.2) is 13.1 Å². The monoisotopic (exact) mass is 246 g/mol. The fraction of sp³-hybridized carbons (Fsp3) is 0.600. The molecule has 0 spiro atoms. The number of furan rings is 1. The maximum absolute atomic E-state index is 11.9. The summed E-state index contributed by atoms with van der Waals surface area (Å²) in [6.45, 7) is 5.54. The molecule has 0 fully saturated rings. The van der Waals surface area contributed by atoms with Gasteiger partial charge in [-0.1, -0.05) is 6.92 Å². The number of nitrogens with one attached hydrogen (secondary N) is 1. The minimum absolute atomic E-state index is 0.0966. The third kappa shape index (κ3) is 2.84. The van der Waals surface area contributed by atoms with Crippen molar-refractivity contribution < 1.29 is 12.8 Å². The smallest absolute Gasteiger partial charge is 0.244 e. The normalized spacial score (nSPS) is 14.0. The Labute approximate surface area is 96.1 Å². The molecular weight excluding hydrogens is 228 g/mol. The molecule has 1 unspecified atom stereocenters. The van der Waals surface area contributed by atoms with Crippen molar-refractivity contribution in [2.24, 2.45) is 5.73 Å². The van der Waals surface area contributed by atoms with Gasteiger partial charge in [0.25, 0.3) is 0 Å². The van der Waals surface area contributed by atoms with Gasteiger partial charge in [-0.05, 0) is 20.3 Å². The summed E-state index contributed by atoms with van der Waals surface area (Å²) in [4.78, 5) is 0.174. The predicted octanol–water partition coefficient (Wildman–Crippen LogP) is 1.12. The highest BCUT2D eigenvalue weighted by molar-refractivity contribution is 7.89. The molecule has 1 heterocycles. The second kappa shape index (κ2) is 4.99. The molecule has 0 aliphatic heterocycles. The number of hydrogen-bond acceptors (Lipinski definition) is 4. The number of aryl methyl sites for hydroxylation is 1. The molecule has 1 aromatic rings. The zero-order valence-electron chi connectivity index (χ0n) is 9.78. The fourth-order valence-electron chi connectivity index (χ4n) is 1.30. The van der Waals surface area contributed by atoms with Crippen molar-refractivity contribution in [3.05, 3.63) is 17.6 Å². The van der Waals surface area contributed by atoms with E-state index < -0.39 is 10.0 Å². The highest BCUT2D eigenvalue weighted by atomic mass is 32.2. The largest absolute Gasteiger partial charge is 0.464 e. The van der Waals surface area contributed by atoms with Gasteiger partial charge in [0.15, 0.2) is 0 Å². The summed E-state index contributed by atoms with van der Waals surface area (Å²) in [7, 11) is -3.49. The predicted molar refractivity (Wildman–Crippen MR) is 61.4 cm³/mol. The van der Waals surface area contributed by atoms with E-state index in [1.807, 2.05) is 13.8 Å². The van der Waals surface area contributed by atoms with Crippen molar-refractivity contribution in [1.29, 1.82) is 0 Å². The molecule has 92 valence electrons. The minimum atomic E-state index is -3.49. The van der Waals surface area contributed by atoms with Crippen LogP contribution in [0, 0.1) is 6.92 Å². The van der Waals surface area contributed by atoms with E-state index in [9.17, 15) is 8.42 Å². The molecule has 3 N–H and O–H groups in total. The van der Waals surface area contributed by atoms with Crippen molar-refractivity contribution in [3.63, 3.8) is 0 Å². The van der Waals surface area contributed by atoms with Crippen LogP contribution in [0.2, 0.25) is 0 Å². The van der Waals surface area contributed by atoms with Crippen LogP contribution in [0.5, 0.6) is 0 Å². The molecule has 0 aliphatic carbocycles. The molecule has 0 aromatic carbocycles. The molecule has 0 saturated heterocycles. The number of hydrogen-bond donors (Lipinski definition) is 2. The third-order valence-corrected chi connectivity index (χ3v) is 4.08. The summed E-state index contributed by atoms with van der Waals surface area (Å²) in [6, 6.07) is 1.38. The highest BCUT2D eigenvalue weighted by Crippen LogP contribution is 2.19. The minimum Gasteiger partial charge on any atom is -0.464 e. The van der Waals surface area contributed by atoms with E-state index >= 15 is 0 Å². The third-order valence-electron chi connectivity index (χ3n) is 2.38. The molecule has 6 heteroatoms. The first-order valence-corrected chi connectivity index (χ1v) is 6.70. The summed E-state index contributed by atoms with van der Waals surface area (Å²) in [5.41, 5.74) is 5.39. The van der Waals surface area contributed by atoms with Crippen LogP contribution in [0.1, 0.15) is 31.8 Å². The van der Waals surface area contributed by atoms with E-state index in [4.69, 9.17) is 10.2 Å². The first-order valence-electron chi connectivity index (χ1n) is 5.22. The molecule has 0 saturated carbocycles. The van der Waals surface area contributed by atoms with E-state index in [1.54, 1.807) is 6.92 Å². The van der Waals surface area contributed by atoms with Crippen molar-refractivity contribution in [3.8, 4) is 0 Å². The highest BCUT2D eigenvalue weighted by Gasteiger charge is 2.22. The first kappa shape index (κ1) is 13.2. The van der Waals surface area contributed by atoms with Gasteiger partial charge < -0.3 is 10.2 Å². The summed E-state index contributed by atoms with van der Waals surface area (Å²) in [5.74, 6) is 0.846. The van der Waals surface area contributed by atoms with Gasteiger partial charge in [0.05, 0.1) is 6.54 Å². The molecule has 0 radical (unpaired) electrons. The van der Waals surface area contributed by atoms with Gasteiger partial charge >= 0.3 is 0 Å². The molecule has 16 heavy (non-hydrogen) atoms. The molecule has 1 aromatic heterocycles. The second-order valence-electron chi connectivity index (χ2n) is 3.77. The van der Waals surface area contributed by atoms with Crippen LogP contribution in [0.3, 0.4) is 0 Å². The molecule has 5 nitrogen and oxygen atoms in total. The number of nitrogens with two attached hydrogens (primary N) is 1. The van der Waals surface area contributed by atoms with Gasteiger partial charge in [-0.3, -0.25) is 0 Å². The van der Waals surface area contributed by atoms with Crippen molar-refractivity contribution >= 4 is 10.0 Å². The SMILES string of the molecule is CCC(C)NS(=O)(=O)c1cc(CN)oc1C. The Morgan fingerprint density at radius 2 is 2.19 bits per heavy atom. The Balaban J connectivity index is 3.02. The van der Waals surface area contributed by atoms with Crippen LogP contribution in [-0.2, 0) is 16.6 Å². The van der Waals surface area contributed by atoms with E-state index in [0.717, 1.165) is 6.42 Å². The Hall–Kier alpha value is -0.850. The van der Waals surface area contributed by atoms with Crippen molar-refractivity contribution in [1.82, 2.24) is 4.72 Å². The van der Waals surface area contributed by atoms with Gasteiger partial charge in [0.1, 0.15) is 16.4 Å². The molecular formula is C10H18N2O3S. The lowest BCUT2D eigenvalue weighted by Crippen LogP contribution is -2.32. The molecule has 0 amide bonds. The van der Waals surface area contributed by atoms with Gasteiger partial charge in [0, 0.05) is 12.1 Å². The fourth-order valence-corrected chi connectivity index (χ4v) is 2.83. The van der Waals surface area contributed by atoms with Crippen LogP contribution >= 0.6 is 0 Å². The molecule has 1 atom stereocenters. The zero-order valence-corrected chi connectivity index (χ0v) is 10.6. The summed E-state index contributed by atoms with van der Waals surface area (Å²) in [5, 5.41) is 0. The lowest BCUT2D eigenvalue weighted by Gasteiger charge is -2.10. The van der Waals surface area contributed by atoms with E-state index in [1.165, 1.54) is 6.07 Å². The Morgan fingerprint density at radius 3 is 2.62 bits per heavy atom. The van der Waals surface area contributed by atoms with Crippen molar-refractivity contribution in [2.45, 2.75) is 44.7 Å². The van der Waals surface area contributed by atoms with E-state index in [-0.39, 0.29) is 17.5 Å². The summed E-state index contributed by atoms with van der Waals surface area (Å²) >= 11 is 0. The van der Waals surface area contributed by atoms with Crippen LogP contribution in [-0.4, -0.2) is 14.5 Å². The summed E-state index contributed by atoms with van der Waals surface area (Å²) in [6.07, 6.45) is 0.736. The van der Waals surface area contributed by atoms with Crippen LogP contribution < -0.4 is 10.5 Å². The maximum Gasteiger partial charge on any atom is 0.244 e. The Kier molecular flexibility index (Phi) is 4.12. The zero-order chi connectivity index (χ0) is 12.3. The van der Waals surface area contributed by atoms with Crippen molar-refractivity contribution in [2.75, 3.05) is 0 Å². The first-order chi connectivity index (χ1) is 7.40. The summed E-state index contributed by atoms with van der Waals surface area (Å²) < 4.78 is 31.7. The van der Waals surface area contributed by atoms with Crippen LogP contribution in [0.25, 0.3) is 0 Å². The Morgan fingerprint density at radius 1 is 1.56 bits per heavy atom. The van der Waals surface area contributed by atoms with Gasteiger partial charge in [-0.2, -0.15) is 0 Å². The molecule has 0 bridgehead atoms. The topological polar surface area (TPSA) is 85.3 Å². The van der Waals surface area contributed by atoms with Crippen LogP contribution in [0.4, 0.5) is 0 Å². The Bertz CT molecular complexity index is 451. The number of sulfonamides is 1.